The van der Waals surface area contributed by atoms with Gasteiger partial charge in [-0.25, -0.2) is 9.97 Å². The molecule has 0 spiro atoms. The average Bonchev–Trinajstić information content (AvgIpc) is 3.42. The molecule has 3 heterocycles. The summed E-state index contributed by atoms with van der Waals surface area (Å²) in [6, 6.07) is 8.66. The van der Waals surface area contributed by atoms with Crippen LogP contribution < -0.4 is 10.2 Å². The molecule has 0 amide bonds. The second kappa shape index (κ2) is 7.63. The Morgan fingerprint density at radius 1 is 1.21 bits per heavy atom. The molecule has 1 aromatic carbocycles. The molecular formula is C21H25N4OS2+. The molecule has 1 aliphatic carbocycles. The first-order chi connectivity index (χ1) is 13.7. The fourth-order valence-corrected chi connectivity index (χ4v) is 6.40. The van der Waals surface area contributed by atoms with Crippen molar-refractivity contribution in [2.24, 2.45) is 0 Å². The topological polar surface area (TPSA) is 54.9 Å². The van der Waals surface area contributed by atoms with Crippen molar-refractivity contribution in [3.63, 3.8) is 0 Å². The monoisotopic (exact) mass is 413 g/mol. The molecule has 0 saturated carbocycles. The first kappa shape index (κ1) is 18.4. The van der Waals surface area contributed by atoms with Crippen LogP contribution in [0.2, 0.25) is 0 Å². The molecule has 2 aromatic heterocycles. The summed E-state index contributed by atoms with van der Waals surface area (Å²) >= 11 is 3.68. The third kappa shape index (κ3) is 3.41. The van der Waals surface area contributed by atoms with Gasteiger partial charge in [0, 0.05) is 41.4 Å². The van der Waals surface area contributed by atoms with Gasteiger partial charge >= 0.3 is 0 Å². The molecule has 2 atom stereocenters. The molecule has 5 nitrogen and oxygen atoms in total. The molecule has 0 bridgehead atoms. The van der Waals surface area contributed by atoms with E-state index in [1.807, 2.05) is 23.1 Å². The summed E-state index contributed by atoms with van der Waals surface area (Å²) in [6.45, 7) is 0.989. The van der Waals surface area contributed by atoms with Crippen molar-refractivity contribution < 1.29 is 10.1 Å². The number of rotatable bonds is 5. The molecule has 1 aliphatic heterocycles. The van der Waals surface area contributed by atoms with Crippen LogP contribution in [-0.2, 0) is 17.6 Å². The number of nitrogens with zero attached hydrogens (tertiary/aromatic N) is 3. The number of thioether (sulfide) groups is 1. The Hall–Kier alpha value is -1.67. The van der Waals surface area contributed by atoms with Crippen LogP contribution in [0.25, 0.3) is 10.2 Å². The Balaban J connectivity index is 1.25. The number of hydrogen-bond donors (Lipinski definition) is 1. The molecule has 146 valence electrons. The zero-order chi connectivity index (χ0) is 19.1. The van der Waals surface area contributed by atoms with E-state index >= 15 is 0 Å². The number of hydrogen-bond acceptors (Lipinski definition) is 6. The Morgan fingerprint density at radius 2 is 2.07 bits per heavy atom. The Morgan fingerprint density at radius 3 is 2.89 bits per heavy atom. The summed E-state index contributed by atoms with van der Waals surface area (Å²) in [5.74, 6) is 0.930. The second-order valence-corrected chi connectivity index (χ2v) is 9.76. The number of benzene rings is 1. The zero-order valence-corrected chi connectivity index (χ0v) is 17.9. The molecule has 2 N–H and O–H groups in total. The highest BCUT2D eigenvalue weighted by molar-refractivity contribution is 7.99. The molecule has 3 aromatic rings. The first-order valence-corrected chi connectivity index (χ1v) is 11.6. The maximum atomic E-state index is 6.32. The van der Waals surface area contributed by atoms with E-state index in [0.29, 0.717) is 0 Å². The lowest BCUT2D eigenvalue weighted by molar-refractivity contribution is -0.697. The zero-order valence-electron chi connectivity index (χ0n) is 16.2. The lowest BCUT2D eigenvalue weighted by atomic mass is 10.2. The number of ether oxygens (including phenoxy) is 1. The van der Waals surface area contributed by atoms with Gasteiger partial charge in [-0.2, -0.15) is 0 Å². The van der Waals surface area contributed by atoms with Crippen LogP contribution in [0.5, 0.6) is 0 Å². The van der Waals surface area contributed by atoms with Gasteiger partial charge in [-0.15, -0.1) is 23.1 Å². The van der Waals surface area contributed by atoms with Gasteiger partial charge in [0.05, 0.1) is 0 Å². The molecule has 28 heavy (non-hydrogen) atoms. The molecule has 0 radical (unpaired) electrons. The standard InChI is InChI=1S/C21H24N4OS2/c1-25(2)14-8-6-13(7-9-14)19-22-10-15(26-19)11-27-20-18-16-4-3-5-17(16)28-21(18)24-12-23-20/h6-9,12,15,19,22H,3-5,10-11H2,1-2H3/p+1/t15-,19-/m1/s1. The van der Waals surface area contributed by atoms with Crippen LogP contribution in [0.4, 0.5) is 5.69 Å². The molecule has 5 rings (SSSR count). The van der Waals surface area contributed by atoms with Crippen LogP contribution in [0, 0.1) is 0 Å². The smallest absolute Gasteiger partial charge is 0.217 e. The summed E-state index contributed by atoms with van der Waals surface area (Å²) in [5, 5.41) is 4.74. The van der Waals surface area contributed by atoms with E-state index in [1.165, 1.54) is 46.3 Å². The van der Waals surface area contributed by atoms with Gasteiger partial charge in [-0.1, -0.05) is 0 Å². The van der Waals surface area contributed by atoms with Gasteiger partial charge in [0.15, 0.2) is 0 Å². The van der Waals surface area contributed by atoms with E-state index < -0.39 is 0 Å². The highest BCUT2D eigenvalue weighted by Gasteiger charge is 2.30. The lowest BCUT2D eigenvalue weighted by Crippen LogP contribution is -2.82. The van der Waals surface area contributed by atoms with Crippen molar-refractivity contribution in [2.75, 3.05) is 31.3 Å². The fourth-order valence-electron chi connectivity index (χ4n) is 4.06. The van der Waals surface area contributed by atoms with E-state index in [9.17, 15) is 0 Å². The van der Waals surface area contributed by atoms with Crippen molar-refractivity contribution in [1.82, 2.24) is 9.97 Å². The summed E-state index contributed by atoms with van der Waals surface area (Å²) in [6.07, 6.45) is 5.70. The maximum Gasteiger partial charge on any atom is 0.217 e. The number of quaternary nitrogens is 1. The number of nitrogens with two attached hydrogens (primary N) is 1. The van der Waals surface area contributed by atoms with Crippen molar-refractivity contribution in [1.29, 1.82) is 0 Å². The normalized spacial score (nSPS) is 21.4. The highest BCUT2D eigenvalue weighted by Crippen LogP contribution is 2.40. The lowest BCUT2D eigenvalue weighted by Gasteiger charge is -2.14. The van der Waals surface area contributed by atoms with Crippen LogP contribution in [0.15, 0.2) is 35.6 Å². The third-order valence-electron chi connectivity index (χ3n) is 5.56. The third-order valence-corrected chi connectivity index (χ3v) is 7.88. The van der Waals surface area contributed by atoms with E-state index in [0.717, 1.165) is 22.2 Å². The minimum absolute atomic E-state index is 0.0950. The Bertz CT molecular complexity index is 986. The SMILES string of the molecule is CN(C)c1ccc([C@@H]2[NH2+]C[C@H](CSc3ncnc4sc5c(c34)CCC5)O2)cc1. The van der Waals surface area contributed by atoms with Gasteiger partial charge in [0.2, 0.25) is 6.23 Å². The summed E-state index contributed by atoms with van der Waals surface area (Å²) in [5.41, 5.74) is 3.95. The number of aryl methyl sites for hydroxylation is 2. The second-order valence-electron chi connectivity index (χ2n) is 7.66. The van der Waals surface area contributed by atoms with Gasteiger partial charge in [0.25, 0.3) is 0 Å². The van der Waals surface area contributed by atoms with Crippen LogP contribution >= 0.6 is 23.1 Å². The minimum Gasteiger partial charge on any atom is -0.378 e. The van der Waals surface area contributed by atoms with Crippen LogP contribution in [0.1, 0.15) is 28.7 Å². The fraction of sp³-hybridized carbons (Fsp3) is 0.429. The van der Waals surface area contributed by atoms with Crippen LogP contribution in [0.3, 0.4) is 0 Å². The van der Waals surface area contributed by atoms with Crippen molar-refractivity contribution >= 4 is 39.0 Å². The molecule has 7 heteroatoms. The minimum atomic E-state index is 0.0950. The van der Waals surface area contributed by atoms with Crippen molar-refractivity contribution in [3.8, 4) is 0 Å². The molecule has 1 fully saturated rings. The van der Waals surface area contributed by atoms with Crippen molar-refractivity contribution in [2.45, 2.75) is 36.6 Å². The molecule has 2 aliphatic rings. The number of thiophene rings is 1. The van der Waals surface area contributed by atoms with Crippen molar-refractivity contribution in [3.05, 3.63) is 46.6 Å². The number of fused-ring (bicyclic) bond motifs is 3. The summed E-state index contributed by atoms with van der Waals surface area (Å²) in [7, 11) is 4.13. The van der Waals surface area contributed by atoms with Crippen LogP contribution in [-0.4, -0.2) is 42.5 Å². The Labute approximate surface area is 173 Å². The van der Waals surface area contributed by atoms with Gasteiger partial charge < -0.3 is 15.0 Å². The predicted molar refractivity (Wildman–Crippen MR) is 115 cm³/mol. The average molecular weight is 414 g/mol. The quantitative estimate of drug-likeness (QED) is 0.515. The molecule has 0 unspecified atom stereocenters. The first-order valence-electron chi connectivity index (χ1n) is 9.83. The highest BCUT2D eigenvalue weighted by atomic mass is 32.2. The van der Waals surface area contributed by atoms with E-state index in [2.05, 4.69) is 58.5 Å². The summed E-state index contributed by atoms with van der Waals surface area (Å²) in [4.78, 5) is 13.9. The van der Waals surface area contributed by atoms with E-state index in [1.54, 1.807) is 6.33 Å². The van der Waals surface area contributed by atoms with E-state index in [4.69, 9.17) is 4.74 Å². The molecule has 1 saturated heterocycles. The summed E-state index contributed by atoms with van der Waals surface area (Å²) < 4.78 is 6.32. The van der Waals surface area contributed by atoms with Gasteiger partial charge in [-0.3, -0.25) is 0 Å². The molecular weight excluding hydrogens is 388 g/mol. The maximum absolute atomic E-state index is 6.32. The largest absolute Gasteiger partial charge is 0.378 e. The predicted octanol–water partition coefficient (Wildman–Crippen LogP) is 3.00. The number of anilines is 1. The Kier molecular flexibility index (Phi) is 5.00. The van der Waals surface area contributed by atoms with Gasteiger partial charge in [0.1, 0.15) is 28.8 Å². The number of aromatic nitrogens is 2. The van der Waals surface area contributed by atoms with E-state index in [-0.39, 0.29) is 12.3 Å². The van der Waals surface area contributed by atoms with Gasteiger partial charge in [-0.05, 0) is 49.1 Å².